The number of aromatic nitrogens is 1. The predicted molar refractivity (Wildman–Crippen MR) is 130 cm³/mol. The Morgan fingerprint density at radius 3 is 2.52 bits per heavy atom. The topological polar surface area (TPSA) is 63.1 Å². The summed E-state index contributed by atoms with van der Waals surface area (Å²) in [6.45, 7) is 7.37. The van der Waals surface area contributed by atoms with Crippen molar-refractivity contribution in [3.05, 3.63) is 41.5 Å². The summed E-state index contributed by atoms with van der Waals surface area (Å²) < 4.78 is 51.2. The highest BCUT2D eigenvalue weighted by Gasteiger charge is 2.59. The lowest BCUT2D eigenvalue weighted by Crippen LogP contribution is -2.33. The van der Waals surface area contributed by atoms with Crippen molar-refractivity contribution in [2.45, 2.75) is 45.6 Å². The van der Waals surface area contributed by atoms with E-state index in [1.54, 1.807) is 13.1 Å². The van der Waals surface area contributed by atoms with Crippen LogP contribution in [0.25, 0.3) is 11.3 Å². The fourth-order valence-electron chi connectivity index (χ4n) is 4.80. The van der Waals surface area contributed by atoms with Gasteiger partial charge in [0, 0.05) is 38.0 Å². The molecule has 2 fully saturated rings. The molecule has 6 nitrogen and oxygen atoms in total. The van der Waals surface area contributed by atoms with E-state index < -0.39 is 22.8 Å². The van der Waals surface area contributed by atoms with Gasteiger partial charge in [0.2, 0.25) is 0 Å². The molecular formula is C24H32F2N4O2S. The maximum atomic E-state index is 13.5. The van der Waals surface area contributed by atoms with Crippen LogP contribution in [0.15, 0.2) is 30.3 Å². The lowest BCUT2D eigenvalue weighted by molar-refractivity contribution is 0.101. The first-order chi connectivity index (χ1) is 15.6. The van der Waals surface area contributed by atoms with Gasteiger partial charge in [-0.25, -0.2) is 22.4 Å². The second-order valence-corrected chi connectivity index (χ2v) is 11.8. The van der Waals surface area contributed by atoms with Crippen LogP contribution >= 0.6 is 11.0 Å². The van der Waals surface area contributed by atoms with Crippen LogP contribution in [0.2, 0.25) is 0 Å². The van der Waals surface area contributed by atoms with Crippen LogP contribution in [0.1, 0.15) is 37.3 Å². The van der Waals surface area contributed by atoms with Crippen molar-refractivity contribution in [3.8, 4) is 11.3 Å². The van der Waals surface area contributed by atoms with E-state index in [0.717, 1.165) is 42.4 Å². The number of hydrogen-bond donors (Lipinski definition) is 2. The Morgan fingerprint density at radius 2 is 1.85 bits per heavy atom. The van der Waals surface area contributed by atoms with Crippen molar-refractivity contribution in [2.24, 2.45) is 11.8 Å². The Bertz CT molecular complexity index is 1060. The third-order valence-corrected chi connectivity index (χ3v) is 9.13. The molecule has 3 aliphatic rings. The first-order valence-electron chi connectivity index (χ1n) is 11.6. The van der Waals surface area contributed by atoms with E-state index in [9.17, 15) is 17.9 Å². The SMILES string of the molecule is Cc1ccc(CN2CCC(C)CC2)cc1-c1ccc2c(n1)N(C)S(O)(O)N2CC1CC1(F)F. The molecule has 2 aromatic rings. The maximum absolute atomic E-state index is 13.5. The Labute approximate surface area is 195 Å². The number of anilines is 2. The molecule has 1 aliphatic carbocycles. The van der Waals surface area contributed by atoms with E-state index in [2.05, 4.69) is 30.0 Å². The second-order valence-electron chi connectivity index (χ2n) is 9.86. The monoisotopic (exact) mass is 478 g/mol. The molecule has 3 heterocycles. The smallest absolute Gasteiger partial charge is 0.253 e. The maximum Gasteiger partial charge on any atom is 0.253 e. The largest absolute Gasteiger partial charge is 0.299 e. The van der Waals surface area contributed by atoms with Gasteiger partial charge in [0.1, 0.15) is 5.69 Å². The number of fused-ring (bicyclic) bond motifs is 1. The minimum atomic E-state index is -3.41. The number of hydrogen-bond acceptors (Lipinski definition) is 6. The molecule has 1 saturated heterocycles. The number of halogens is 2. The van der Waals surface area contributed by atoms with Gasteiger partial charge in [0.05, 0.1) is 5.69 Å². The first-order valence-corrected chi connectivity index (χ1v) is 13.0. The molecule has 1 saturated carbocycles. The van der Waals surface area contributed by atoms with E-state index >= 15 is 0 Å². The Hall–Kier alpha value is -1.94. The van der Waals surface area contributed by atoms with E-state index in [1.807, 2.05) is 13.0 Å². The number of alkyl halides is 2. The summed E-state index contributed by atoms with van der Waals surface area (Å²) in [5.41, 5.74) is 4.53. The fraction of sp³-hybridized carbons (Fsp3) is 0.542. The molecule has 2 aliphatic heterocycles. The van der Waals surface area contributed by atoms with Gasteiger partial charge in [-0.15, -0.1) is 0 Å². The van der Waals surface area contributed by atoms with Gasteiger partial charge >= 0.3 is 0 Å². The van der Waals surface area contributed by atoms with Gasteiger partial charge in [0.25, 0.3) is 5.92 Å². The molecule has 9 heteroatoms. The van der Waals surface area contributed by atoms with Gasteiger partial charge < -0.3 is 0 Å². The third kappa shape index (κ3) is 4.20. The Kier molecular flexibility index (Phi) is 5.59. The predicted octanol–water partition coefficient (Wildman–Crippen LogP) is 5.78. The third-order valence-electron chi connectivity index (χ3n) is 7.29. The zero-order chi connectivity index (χ0) is 23.5. The van der Waals surface area contributed by atoms with E-state index in [1.165, 1.54) is 27.0 Å². The molecule has 1 aromatic heterocycles. The fourth-order valence-corrected chi connectivity index (χ4v) is 6.25. The lowest BCUT2D eigenvalue weighted by atomic mass is 9.97. The highest BCUT2D eigenvalue weighted by Crippen LogP contribution is 2.62. The Balaban J connectivity index is 1.42. The Morgan fingerprint density at radius 1 is 1.15 bits per heavy atom. The summed E-state index contributed by atoms with van der Waals surface area (Å²) >= 11 is 0. The van der Waals surface area contributed by atoms with Crippen LogP contribution in [0.5, 0.6) is 0 Å². The molecule has 1 unspecified atom stereocenters. The summed E-state index contributed by atoms with van der Waals surface area (Å²) in [5.74, 6) is -2.39. The summed E-state index contributed by atoms with van der Waals surface area (Å²) in [6, 6.07) is 10.0. The van der Waals surface area contributed by atoms with Gasteiger partial charge in [-0.3, -0.25) is 14.0 Å². The minimum Gasteiger partial charge on any atom is -0.299 e. The quantitative estimate of drug-likeness (QED) is 0.568. The highest BCUT2D eigenvalue weighted by atomic mass is 32.3. The van der Waals surface area contributed by atoms with Crippen LogP contribution in [0.4, 0.5) is 20.3 Å². The number of benzene rings is 1. The van der Waals surface area contributed by atoms with E-state index in [-0.39, 0.29) is 13.0 Å². The summed E-state index contributed by atoms with van der Waals surface area (Å²) in [7, 11) is -1.85. The van der Waals surface area contributed by atoms with Crippen LogP contribution < -0.4 is 8.61 Å². The van der Waals surface area contributed by atoms with Gasteiger partial charge in [-0.05, 0) is 79.1 Å². The van der Waals surface area contributed by atoms with Gasteiger partial charge in [-0.1, -0.05) is 19.1 Å². The van der Waals surface area contributed by atoms with E-state index in [0.29, 0.717) is 11.5 Å². The van der Waals surface area contributed by atoms with Crippen molar-refractivity contribution in [1.29, 1.82) is 0 Å². The summed E-state index contributed by atoms with van der Waals surface area (Å²) in [6.07, 6.45) is 2.24. The zero-order valence-corrected chi connectivity index (χ0v) is 20.2. The number of aryl methyl sites for hydroxylation is 1. The van der Waals surface area contributed by atoms with Crippen molar-refractivity contribution in [3.63, 3.8) is 0 Å². The van der Waals surface area contributed by atoms with Gasteiger partial charge in [-0.2, -0.15) is 0 Å². The normalized spacial score (nSPS) is 25.2. The summed E-state index contributed by atoms with van der Waals surface area (Å²) in [5, 5.41) is 0. The zero-order valence-electron chi connectivity index (χ0n) is 19.3. The number of piperidine rings is 1. The number of pyridine rings is 1. The standard InChI is InChI=1S/C24H32F2N4O2S/c1-16-8-10-29(11-9-16)14-18-5-4-17(2)20(12-18)21-6-7-22-23(27-21)28(3)33(31,32)30(22)15-19-13-24(19,25)26/h4-7,12,16,19,31-32H,8-11,13-15H2,1-3H3. The first kappa shape index (κ1) is 22.8. The van der Waals surface area contributed by atoms with Crippen LogP contribution in [-0.4, -0.2) is 51.6 Å². The molecule has 1 aromatic carbocycles. The van der Waals surface area contributed by atoms with Crippen LogP contribution in [0.3, 0.4) is 0 Å². The number of rotatable bonds is 5. The molecule has 180 valence electrons. The van der Waals surface area contributed by atoms with Crippen molar-refractivity contribution in [2.75, 3.05) is 35.3 Å². The minimum absolute atomic E-state index is 0.101. The average Bonchev–Trinajstić information content (AvgIpc) is 3.34. The molecule has 0 amide bonds. The molecule has 0 radical (unpaired) electrons. The molecule has 0 spiro atoms. The van der Waals surface area contributed by atoms with Crippen molar-refractivity contribution >= 4 is 22.5 Å². The summed E-state index contributed by atoms with van der Waals surface area (Å²) in [4.78, 5) is 7.24. The van der Waals surface area contributed by atoms with Crippen LogP contribution in [0, 0.1) is 18.8 Å². The van der Waals surface area contributed by atoms with Crippen molar-refractivity contribution in [1.82, 2.24) is 9.88 Å². The molecule has 0 bridgehead atoms. The van der Waals surface area contributed by atoms with Crippen LogP contribution in [-0.2, 0) is 6.54 Å². The van der Waals surface area contributed by atoms with Gasteiger partial charge in [0.15, 0.2) is 5.82 Å². The highest BCUT2D eigenvalue weighted by molar-refractivity contribution is 8.26. The van der Waals surface area contributed by atoms with E-state index in [4.69, 9.17) is 4.98 Å². The lowest BCUT2D eigenvalue weighted by Gasteiger charge is -2.41. The molecule has 2 N–H and O–H groups in total. The molecule has 1 atom stereocenters. The number of nitrogens with zero attached hydrogens (tertiary/aromatic N) is 4. The number of likely N-dealkylation sites (tertiary alicyclic amines) is 1. The molecular weight excluding hydrogens is 446 g/mol. The van der Waals surface area contributed by atoms with Crippen molar-refractivity contribution < 1.29 is 17.9 Å². The second kappa shape index (κ2) is 8.08. The molecule has 5 rings (SSSR count). The molecule has 33 heavy (non-hydrogen) atoms. The average molecular weight is 479 g/mol.